The largest absolute Gasteiger partial charge is 0.296 e. The molecular formula is C20H20N4O3S2. The van der Waals surface area contributed by atoms with E-state index in [1.54, 1.807) is 0 Å². The molecule has 4 rings (SSSR count). The average molecular weight is 429 g/mol. The van der Waals surface area contributed by atoms with Gasteiger partial charge in [-0.05, 0) is 44.0 Å². The smallest absolute Gasteiger partial charge is 0.257 e. The summed E-state index contributed by atoms with van der Waals surface area (Å²) in [5.41, 5.74) is 2.45. The van der Waals surface area contributed by atoms with Gasteiger partial charge in [-0.25, -0.2) is 8.42 Å². The van der Waals surface area contributed by atoms with E-state index in [9.17, 15) is 13.2 Å². The fraction of sp³-hybridized carbons (Fsp3) is 0.250. The zero-order valence-electron chi connectivity index (χ0n) is 15.8. The molecule has 0 atom stereocenters. The molecule has 9 heteroatoms. The number of nitrogens with one attached hydrogen (secondary N) is 1. The molecule has 0 aliphatic carbocycles. The molecule has 0 radical (unpaired) electrons. The Morgan fingerprint density at radius 3 is 2.31 bits per heavy atom. The third kappa shape index (κ3) is 4.21. The molecule has 7 nitrogen and oxygen atoms in total. The van der Waals surface area contributed by atoms with Crippen LogP contribution in [0.5, 0.6) is 0 Å². The van der Waals surface area contributed by atoms with Gasteiger partial charge in [0.25, 0.3) is 5.91 Å². The highest BCUT2D eigenvalue weighted by Gasteiger charge is 2.27. The summed E-state index contributed by atoms with van der Waals surface area (Å²) in [5, 5.41) is 12.0. The summed E-state index contributed by atoms with van der Waals surface area (Å²) in [7, 11) is -3.49. The van der Waals surface area contributed by atoms with Crippen LogP contribution in [0.1, 0.15) is 28.8 Å². The first-order valence-corrected chi connectivity index (χ1v) is 11.5. The van der Waals surface area contributed by atoms with Gasteiger partial charge in [-0.15, -0.1) is 10.2 Å². The molecule has 0 saturated carbocycles. The van der Waals surface area contributed by atoms with Crippen LogP contribution >= 0.6 is 11.3 Å². The molecule has 1 fully saturated rings. The van der Waals surface area contributed by atoms with Crippen molar-refractivity contribution in [2.75, 3.05) is 18.4 Å². The van der Waals surface area contributed by atoms with Crippen molar-refractivity contribution in [3.63, 3.8) is 0 Å². The maximum atomic E-state index is 12.6. The number of carbonyl (C=O) groups is 1. The zero-order valence-corrected chi connectivity index (χ0v) is 17.5. The summed E-state index contributed by atoms with van der Waals surface area (Å²) in [4.78, 5) is 12.7. The minimum absolute atomic E-state index is 0.202. The van der Waals surface area contributed by atoms with Crippen LogP contribution in [0.3, 0.4) is 0 Å². The molecule has 29 heavy (non-hydrogen) atoms. The maximum absolute atomic E-state index is 12.6. The molecule has 1 aliphatic rings. The first-order chi connectivity index (χ1) is 13.9. The molecule has 0 unspecified atom stereocenters. The van der Waals surface area contributed by atoms with Gasteiger partial charge in [-0.2, -0.15) is 4.31 Å². The van der Waals surface area contributed by atoms with Crippen LogP contribution in [-0.4, -0.2) is 41.9 Å². The molecule has 2 aromatic carbocycles. The van der Waals surface area contributed by atoms with Crippen LogP contribution < -0.4 is 5.32 Å². The minimum Gasteiger partial charge on any atom is -0.296 e. The number of aromatic nitrogens is 2. The van der Waals surface area contributed by atoms with Gasteiger partial charge >= 0.3 is 0 Å². The number of rotatable bonds is 5. The number of benzene rings is 2. The highest BCUT2D eigenvalue weighted by atomic mass is 32.2. The molecule has 1 saturated heterocycles. The number of nitrogens with zero attached hydrogens (tertiary/aromatic N) is 3. The summed E-state index contributed by atoms with van der Waals surface area (Å²) in [6.45, 7) is 3.10. The molecule has 0 spiro atoms. The Labute approximate surface area is 173 Å². The van der Waals surface area contributed by atoms with Crippen molar-refractivity contribution in [1.29, 1.82) is 0 Å². The second kappa shape index (κ2) is 8.02. The first-order valence-electron chi connectivity index (χ1n) is 9.25. The minimum atomic E-state index is -3.49. The van der Waals surface area contributed by atoms with Crippen LogP contribution in [0.25, 0.3) is 10.6 Å². The zero-order chi connectivity index (χ0) is 20.4. The molecule has 1 aromatic heterocycles. The monoisotopic (exact) mass is 428 g/mol. The highest BCUT2D eigenvalue weighted by molar-refractivity contribution is 7.89. The summed E-state index contributed by atoms with van der Waals surface area (Å²) in [6.07, 6.45) is 1.76. The highest BCUT2D eigenvalue weighted by Crippen LogP contribution is 2.27. The summed E-state index contributed by atoms with van der Waals surface area (Å²) in [6, 6.07) is 13.9. The quantitative estimate of drug-likeness (QED) is 0.671. The fourth-order valence-corrected chi connectivity index (χ4v) is 5.37. The Hall–Kier alpha value is -2.62. The normalized spacial score (nSPS) is 14.8. The number of hydrogen-bond acceptors (Lipinski definition) is 6. The number of aryl methyl sites for hydroxylation is 1. The second-order valence-corrected chi connectivity index (χ2v) is 9.78. The van der Waals surface area contributed by atoms with Gasteiger partial charge in [-0.1, -0.05) is 41.2 Å². The van der Waals surface area contributed by atoms with Crippen LogP contribution in [0.4, 0.5) is 5.13 Å². The molecule has 0 bridgehead atoms. The van der Waals surface area contributed by atoms with Crippen LogP contribution in [0.2, 0.25) is 0 Å². The molecule has 1 N–H and O–H groups in total. The van der Waals surface area contributed by atoms with E-state index in [-0.39, 0.29) is 10.8 Å². The summed E-state index contributed by atoms with van der Waals surface area (Å²) < 4.78 is 26.6. The second-order valence-electron chi connectivity index (χ2n) is 6.87. The van der Waals surface area contributed by atoms with Gasteiger partial charge in [0.05, 0.1) is 4.90 Å². The Kier molecular flexibility index (Phi) is 5.44. The third-order valence-corrected chi connectivity index (χ3v) is 7.56. The van der Waals surface area contributed by atoms with E-state index in [1.165, 1.54) is 39.9 Å². The van der Waals surface area contributed by atoms with Crippen molar-refractivity contribution >= 4 is 32.4 Å². The number of anilines is 1. The van der Waals surface area contributed by atoms with E-state index in [1.807, 2.05) is 31.2 Å². The van der Waals surface area contributed by atoms with Gasteiger partial charge in [-0.3, -0.25) is 10.1 Å². The van der Waals surface area contributed by atoms with E-state index in [0.717, 1.165) is 24.0 Å². The van der Waals surface area contributed by atoms with Crippen molar-refractivity contribution in [1.82, 2.24) is 14.5 Å². The topological polar surface area (TPSA) is 92.3 Å². The van der Waals surface area contributed by atoms with Crippen molar-refractivity contribution in [2.24, 2.45) is 0 Å². The van der Waals surface area contributed by atoms with Gasteiger partial charge in [0.15, 0.2) is 0 Å². The van der Waals surface area contributed by atoms with Crippen LogP contribution in [0, 0.1) is 6.92 Å². The van der Waals surface area contributed by atoms with E-state index in [2.05, 4.69) is 15.5 Å². The van der Waals surface area contributed by atoms with E-state index < -0.39 is 10.0 Å². The van der Waals surface area contributed by atoms with E-state index in [0.29, 0.717) is 28.8 Å². The lowest BCUT2D eigenvalue weighted by Crippen LogP contribution is -2.27. The molecule has 2 heterocycles. The van der Waals surface area contributed by atoms with Crippen molar-refractivity contribution in [2.45, 2.75) is 24.7 Å². The van der Waals surface area contributed by atoms with Crippen molar-refractivity contribution in [3.05, 3.63) is 59.7 Å². The Morgan fingerprint density at radius 2 is 1.66 bits per heavy atom. The summed E-state index contributed by atoms with van der Waals surface area (Å²) >= 11 is 1.28. The van der Waals surface area contributed by atoms with Gasteiger partial charge in [0, 0.05) is 24.2 Å². The lowest BCUT2D eigenvalue weighted by molar-refractivity contribution is 0.102. The lowest BCUT2D eigenvalue weighted by atomic mass is 10.2. The van der Waals surface area contributed by atoms with Crippen molar-refractivity contribution in [3.8, 4) is 10.6 Å². The maximum Gasteiger partial charge on any atom is 0.257 e. The van der Waals surface area contributed by atoms with Gasteiger partial charge < -0.3 is 0 Å². The summed E-state index contributed by atoms with van der Waals surface area (Å²) in [5.74, 6) is -0.360. The van der Waals surface area contributed by atoms with Gasteiger partial charge in [0.1, 0.15) is 5.01 Å². The Bertz CT molecular complexity index is 1120. The van der Waals surface area contributed by atoms with Crippen LogP contribution in [0.15, 0.2) is 53.4 Å². The first kappa shape index (κ1) is 19.7. The Morgan fingerprint density at radius 1 is 1.00 bits per heavy atom. The number of hydrogen-bond donors (Lipinski definition) is 1. The molecule has 150 valence electrons. The number of carbonyl (C=O) groups excluding carboxylic acids is 1. The number of amides is 1. The molecule has 1 aliphatic heterocycles. The van der Waals surface area contributed by atoms with E-state index in [4.69, 9.17) is 0 Å². The fourth-order valence-electron chi connectivity index (χ4n) is 3.11. The van der Waals surface area contributed by atoms with Crippen LogP contribution in [-0.2, 0) is 10.0 Å². The van der Waals surface area contributed by atoms with Crippen molar-refractivity contribution < 1.29 is 13.2 Å². The average Bonchev–Trinajstić information content (AvgIpc) is 3.41. The predicted octanol–water partition coefficient (Wildman–Crippen LogP) is 3.55. The number of sulfonamides is 1. The van der Waals surface area contributed by atoms with E-state index >= 15 is 0 Å². The van der Waals surface area contributed by atoms with Gasteiger partial charge in [0.2, 0.25) is 15.2 Å². The lowest BCUT2D eigenvalue weighted by Gasteiger charge is -2.15. The SMILES string of the molecule is Cc1ccc(-c2nnc(NC(=O)c3ccc(S(=O)(=O)N4CCCC4)cc3)s2)cc1. The standard InChI is InChI=1S/C20H20N4O3S2/c1-14-4-6-16(7-5-14)19-22-23-20(28-19)21-18(25)15-8-10-17(11-9-15)29(26,27)24-12-2-3-13-24/h4-11H,2-3,12-13H2,1H3,(H,21,23,25). The predicted molar refractivity (Wildman–Crippen MR) is 112 cm³/mol. The Balaban J connectivity index is 1.46. The molecular weight excluding hydrogens is 408 g/mol. The molecule has 1 amide bonds. The third-order valence-electron chi connectivity index (χ3n) is 4.76. The molecule has 3 aromatic rings.